The van der Waals surface area contributed by atoms with E-state index in [4.69, 9.17) is 10.8 Å². The van der Waals surface area contributed by atoms with Crippen LogP contribution in [-0.2, 0) is 0 Å². The van der Waals surface area contributed by atoms with Gasteiger partial charge >= 0.3 is 6.18 Å². The zero-order chi connectivity index (χ0) is 12.9. The molecule has 3 nitrogen and oxygen atoms in total. The molecule has 0 aromatic heterocycles. The number of rotatable bonds is 5. The first-order valence-electron chi connectivity index (χ1n) is 6.10. The van der Waals surface area contributed by atoms with Crippen LogP contribution in [0.1, 0.15) is 25.7 Å². The van der Waals surface area contributed by atoms with Gasteiger partial charge in [-0.3, -0.25) is 4.90 Å². The van der Waals surface area contributed by atoms with Crippen LogP contribution in [-0.4, -0.2) is 48.5 Å². The highest BCUT2D eigenvalue weighted by Gasteiger charge is 2.40. The van der Waals surface area contributed by atoms with Crippen molar-refractivity contribution >= 4 is 0 Å². The number of nitrogens with zero attached hydrogens (tertiary/aromatic N) is 1. The second-order valence-electron chi connectivity index (χ2n) is 4.63. The van der Waals surface area contributed by atoms with Gasteiger partial charge in [0.25, 0.3) is 0 Å². The fourth-order valence-corrected chi connectivity index (χ4v) is 2.37. The minimum absolute atomic E-state index is 0.0283. The topological polar surface area (TPSA) is 49.5 Å². The molecule has 2 atom stereocenters. The van der Waals surface area contributed by atoms with Gasteiger partial charge in [0.15, 0.2) is 0 Å². The van der Waals surface area contributed by atoms with Crippen LogP contribution < -0.4 is 5.73 Å². The molecule has 0 saturated carbocycles. The highest BCUT2D eigenvalue weighted by molar-refractivity contribution is 4.81. The van der Waals surface area contributed by atoms with Gasteiger partial charge in [-0.1, -0.05) is 6.42 Å². The molecule has 0 amide bonds. The van der Waals surface area contributed by atoms with E-state index in [0.717, 1.165) is 19.3 Å². The van der Waals surface area contributed by atoms with Crippen molar-refractivity contribution in [2.75, 3.05) is 26.2 Å². The van der Waals surface area contributed by atoms with Crippen LogP contribution in [0.5, 0.6) is 0 Å². The predicted octanol–water partition coefficient (Wildman–Crippen LogP) is 1.36. The quantitative estimate of drug-likeness (QED) is 0.779. The number of halogens is 3. The lowest BCUT2D eigenvalue weighted by molar-refractivity contribution is -0.178. The number of hydrogen-bond acceptors (Lipinski definition) is 3. The average Bonchev–Trinajstić information content (AvgIpc) is 2.26. The summed E-state index contributed by atoms with van der Waals surface area (Å²) in [6.07, 6.45) is -0.849. The van der Waals surface area contributed by atoms with Gasteiger partial charge in [-0.05, 0) is 25.8 Å². The maximum atomic E-state index is 12.6. The molecule has 0 spiro atoms. The molecule has 2 unspecified atom stereocenters. The highest BCUT2D eigenvalue weighted by Crippen LogP contribution is 2.29. The summed E-state index contributed by atoms with van der Waals surface area (Å²) >= 11 is 0. The van der Waals surface area contributed by atoms with Crippen molar-refractivity contribution in [3.8, 4) is 0 Å². The monoisotopic (exact) mass is 254 g/mol. The Morgan fingerprint density at radius 3 is 2.59 bits per heavy atom. The number of piperidine rings is 1. The lowest BCUT2D eigenvalue weighted by atomic mass is 9.97. The largest absolute Gasteiger partial charge is 0.396 e. The summed E-state index contributed by atoms with van der Waals surface area (Å²) in [7, 11) is 0. The second-order valence-corrected chi connectivity index (χ2v) is 4.63. The SMILES string of the molecule is NCC(CN1CCCCC1CCO)C(F)(F)F. The molecule has 0 radical (unpaired) electrons. The molecule has 0 aromatic rings. The molecule has 1 aliphatic rings. The maximum Gasteiger partial charge on any atom is 0.394 e. The van der Waals surface area contributed by atoms with Gasteiger partial charge in [0, 0.05) is 25.7 Å². The number of aliphatic hydroxyl groups is 1. The van der Waals surface area contributed by atoms with Crippen LogP contribution in [0.3, 0.4) is 0 Å². The van der Waals surface area contributed by atoms with Crippen LogP contribution >= 0.6 is 0 Å². The van der Waals surface area contributed by atoms with E-state index in [0.29, 0.717) is 13.0 Å². The Morgan fingerprint density at radius 1 is 1.35 bits per heavy atom. The number of nitrogens with two attached hydrogens (primary N) is 1. The van der Waals surface area contributed by atoms with Gasteiger partial charge in [-0.25, -0.2) is 0 Å². The molecular weight excluding hydrogens is 233 g/mol. The lowest BCUT2D eigenvalue weighted by Gasteiger charge is -2.37. The molecule has 1 fully saturated rings. The van der Waals surface area contributed by atoms with Gasteiger partial charge in [-0.2, -0.15) is 13.2 Å². The molecular formula is C11H21F3N2O. The third kappa shape index (κ3) is 4.44. The fraction of sp³-hybridized carbons (Fsp3) is 1.00. The third-order valence-corrected chi connectivity index (χ3v) is 3.41. The predicted molar refractivity (Wildman–Crippen MR) is 59.5 cm³/mol. The molecule has 1 saturated heterocycles. The second kappa shape index (κ2) is 6.56. The normalized spacial score (nSPS) is 24.9. The van der Waals surface area contributed by atoms with Crippen LogP contribution in [0, 0.1) is 5.92 Å². The Kier molecular flexibility index (Phi) is 5.69. The Bertz CT molecular complexity index is 221. The molecule has 102 valence electrons. The third-order valence-electron chi connectivity index (χ3n) is 3.41. The Labute approximate surface area is 99.8 Å². The molecule has 1 rings (SSSR count). The van der Waals surface area contributed by atoms with E-state index in [1.165, 1.54) is 0 Å². The van der Waals surface area contributed by atoms with Gasteiger partial charge in [-0.15, -0.1) is 0 Å². The van der Waals surface area contributed by atoms with E-state index >= 15 is 0 Å². The fourth-order valence-electron chi connectivity index (χ4n) is 2.37. The Hall–Kier alpha value is -0.330. The first kappa shape index (κ1) is 14.7. The van der Waals surface area contributed by atoms with Crippen molar-refractivity contribution in [3.05, 3.63) is 0 Å². The van der Waals surface area contributed by atoms with E-state index < -0.39 is 12.1 Å². The number of hydrogen-bond donors (Lipinski definition) is 2. The molecule has 0 bridgehead atoms. The van der Waals surface area contributed by atoms with E-state index in [9.17, 15) is 13.2 Å². The summed E-state index contributed by atoms with van der Waals surface area (Å²) in [5, 5.41) is 8.91. The molecule has 3 N–H and O–H groups in total. The van der Waals surface area contributed by atoms with E-state index in [-0.39, 0.29) is 25.7 Å². The summed E-state index contributed by atoms with van der Waals surface area (Å²) < 4.78 is 37.9. The minimum atomic E-state index is -4.23. The summed E-state index contributed by atoms with van der Waals surface area (Å²) in [5.74, 6) is -1.46. The van der Waals surface area contributed by atoms with Gasteiger partial charge in [0.2, 0.25) is 0 Å². The van der Waals surface area contributed by atoms with Crippen LogP contribution in [0.4, 0.5) is 13.2 Å². The van der Waals surface area contributed by atoms with Crippen LogP contribution in [0.2, 0.25) is 0 Å². The van der Waals surface area contributed by atoms with E-state index in [2.05, 4.69) is 0 Å². The summed E-state index contributed by atoms with van der Waals surface area (Å²) in [5.41, 5.74) is 5.20. The summed E-state index contributed by atoms with van der Waals surface area (Å²) in [4.78, 5) is 1.84. The molecule has 17 heavy (non-hydrogen) atoms. The summed E-state index contributed by atoms with van der Waals surface area (Å²) in [6, 6.07) is 0.0742. The van der Waals surface area contributed by atoms with Crippen molar-refractivity contribution in [1.29, 1.82) is 0 Å². The van der Waals surface area contributed by atoms with E-state index in [1.54, 1.807) is 0 Å². The first-order chi connectivity index (χ1) is 7.99. The van der Waals surface area contributed by atoms with Crippen molar-refractivity contribution in [3.63, 3.8) is 0 Å². The zero-order valence-corrected chi connectivity index (χ0v) is 9.92. The highest BCUT2D eigenvalue weighted by atomic mass is 19.4. The molecule has 0 aromatic carbocycles. The molecule has 1 heterocycles. The standard InChI is InChI=1S/C11H21F3N2O/c12-11(13,14)9(7-15)8-16-5-2-1-3-10(16)4-6-17/h9-10,17H,1-8,15H2. The smallest absolute Gasteiger partial charge is 0.394 e. The number of likely N-dealkylation sites (tertiary alicyclic amines) is 1. The zero-order valence-electron chi connectivity index (χ0n) is 9.92. The van der Waals surface area contributed by atoms with Crippen molar-refractivity contribution in [1.82, 2.24) is 4.90 Å². The molecule has 0 aliphatic carbocycles. The van der Waals surface area contributed by atoms with Gasteiger partial charge < -0.3 is 10.8 Å². The minimum Gasteiger partial charge on any atom is -0.396 e. The van der Waals surface area contributed by atoms with Crippen LogP contribution in [0.25, 0.3) is 0 Å². The lowest BCUT2D eigenvalue weighted by Crippen LogP contribution is -2.47. The first-order valence-corrected chi connectivity index (χ1v) is 6.10. The summed E-state index contributed by atoms with van der Waals surface area (Å²) in [6.45, 7) is 0.300. The number of aliphatic hydroxyl groups excluding tert-OH is 1. The maximum absolute atomic E-state index is 12.6. The van der Waals surface area contributed by atoms with E-state index in [1.807, 2.05) is 4.90 Å². The molecule has 6 heteroatoms. The number of alkyl halides is 3. The Balaban J connectivity index is 2.56. The average molecular weight is 254 g/mol. The van der Waals surface area contributed by atoms with Crippen molar-refractivity contribution in [2.45, 2.75) is 37.9 Å². The van der Waals surface area contributed by atoms with Gasteiger partial charge in [0.1, 0.15) is 0 Å². The van der Waals surface area contributed by atoms with Crippen LogP contribution in [0.15, 0.2) is 0 Å². The van der Waals surface area contributed by atoms with Crippen molar-refractivity contribution < 1.29 is 18.3 Å². The van der Waals surface area contributed by atoms with Gasteiger partial charge in [0.05, 0.1) is 5.92 Å². The molecule has 1 aliphatic heterocycles. The Morgan fingerprint density at radius 2 is 2.06 bits per heavy atom. The van der Waals surface area contributed by atoms with Crippen molar-refractivity contribution in [2.24, 2.45) is 11.7 Å².